The Hall–Kier alpha value is -1.35. The highest BCUT2D eigenvalue weighted by Gasteiger charge is 2.37. The Morgan fingerprint density at radius 1 is 1.18 bits per heavy atom. The molecule has 2 bridgehead atoms. The average molecular weight is 300 g/mol. The second-order valence-corrected chi connectivity index (χ2v) is 7.08. The summed E-state index contributed by atoms with van der Waals surface area (Å²) in [5, 5.41) is 3.46. The molecule has 1 amide bonds. The van der Waals surface area contributed by atoms with Crippen LogP contribution in [-0.2, 0) is 11.2 Å². The van der Waals surface area contributed by atoms with Crippen molar-refractivity contribution in [3.8, 4) is 0 Å². The molecule has 2 saturated heterocycles. The third-order valence-corrected chi connectivity index (χ3v) is 5.22. The van der Waals surface area contributed by atoms with Gasteiger partial charge in [0.1, 0.15) is 0 Å². The molecule has 3 heteroatoms. The SMILES string of the molecule is CC(C)c1ccc(CCC(=O)N2C3CCNCC2CC3)cc1. The van der Waals surface area contributed by atoms with Crippen molar-refractivity contribution in [1.82, 2.24) is 10.2 Å². The summed E-state index contributed by atoms with van der Waals surface area (Å²) in [7, 11) is 0. The minimum Gasteiger partial charge on any atom is -0.335 e. The van der Waals surface area contributed by atoms with Crippen molar-refractivity contribution in [3.63, 3.8) is 0 Å². The first-order chi connectivity index (χ1) is 10.6. The smallest absolute Gasteiger partial charge is 0.223 e. The Labute approximate surface area is 134 Å². The van der Waals surface area contributed by atoms with Gasteiger partial charge < -0.3 is 10.2 Å². The fourth-order valence-electron chi connectivity index (χ4n) is 3.84. The van der Waals surface area contributed by atoms with Gasteiger partial charge in [0.25, 0.3) is 0 Å². The lowest BCUT2D eigenvalue weighted by atomic mass is 10.00. The number of carbonyl (C=O) groups is 1. The van der Waals surface area contributed by atoms with Crippen molar-refractivity contribution in [3.05, 3.63) is 35.4 Å². The molecule has 22 heavy (non-hydrogen) atoms. The lowest BCUT2D eigenvalue weighted by molar-refractivity contribution is -0.133. The molecule has 2 aliphatic heterocycles. The van der Waals surface area contributed by atoms with Gasteiger partial charge in [0.15, 0.2) is 0 Å². The number of nitrogens with one attached hydrogen (secondary N) is 1. The van der Waals surface area contributed by atoms with Gasteiger partial charge in [-0.2, -0.15) is 0 Å². The van der Waals surface area contributed by atoms with E-state index in [9.17, 15) is 4.79 Å². The molecule has 120 valence electrons. The van der Waals surface area contributed by atoms with Crippen molar-refractivity contribution in [2.75, 3.05) is 13.1 Å². The number of fused-ring (bicyclic) bond motifs is 2. The average Bonchev–Trinajstić information content (AvgIpc) is 2.78. The molecule has 0 aliphatic carbocycles. The van der Waals surface area contributed by atoms with E-state index in [-0.39, 0.29) is 0 Å². The highest BCUT2D eigenvalue weighted by Crippen LogP contribution is 2.28. The molecule has 1 N–H and O–H groups in total. The third-order valence-electron chi connectivity index (χ3n) is 5.22. The van der Waals surface area contributed by atoms with Gasteiger partial charge in [-0.05, 0) is 49.3 Å². The van der Waals surface area contributed by atoms with Gasteiger partial charge in [0.2, 0.25) is 5.91 Å². The van der Waals surface area contributed by atoms with Gasteiger partial charge in [0, 0.05) is 25.0 Å². The maximum Gasteiger partial charge on any atom is 0.223 e. The fourth-order valence-corrected chi connectivity index (χ4v) is 3.84. The van der Waals surface area contributed by atoms with Crippen LogP contribution in [-0.4, -0.2) is 36.0 Å². The molecule has 0 radical (unpaired) electrons. The summed E-state index contributed by atoms with van der Waals surface area (Å²) in [5.41, 5.74) is 2.64. The second-order valence-electron chi connectivity index (χ2n) is 7.08. The van der Waals surface area contributed by atoms with Crippen LogP contribution < -0.4 is 5.32 Å². The molecule has 2 unspecified atom stereocenters. The molecule has 1 aromatic carbocycles. The standard InChI is InChI=1S/C19H28N2O/c1-14(2)16-6-3-15(4-7-16)5-10-19(22)21-17-8-9-18(21)13-20-12-11-17/h3-4,6-7,14,17-18,20H,5,8-13H2,1-2H3. The van der Waals surface area contributed by atoms with Crippen LogP contribution in [0.5, 0.6) is 0 Å². The van der Waals surface area contributed by atoms with Crippen molar-refractivity contribution in [2.45, 2.75) is 64.0 Å². The number of aryl methyl sites for hydroxylation is 1. The van der Waals surface area contributed by atoms with Gasteiger partial charge in [-0.15, -0.1) is 0 Å². The minimum atomic E-state index is 0.351. The summed E-state index contributed by atoms with van der Waals surface area (Å²) >= 11 is 0. The Kier molecular flexibility index (Phi) is 4.82. The number of benzene rings is 1. The summed E-state index contributed by atoms with van der Waals surface area (Å²) in [4.78, 5) is 14.9. The zero-order valence-corrected chi connectivity index (χ0v) is 13.8. The summed E-state index contributed by atoms with van der Waals surface area (Å²) in [6, 6.07) is 9.68. The first-order valence-corrected chi connectivity index (χ1v) is 8.76. The molecule has 2 atom stereocenters. The van der Waals surface area contributed by atoms with Gasteiger partial charge in [0.05, 0.1) is 0 Å². The molecule has 2 heterocycles. The van der Waals surface area contributed by atoms with E-state index in [1.165, 1.54) is 24.0 Å². The van der Waals surface area contributed by atoms with Gasteiger partial charge >= 0.3 is 0 Å². The first-order valence-electron chi connectivity index (χ1n) is 8.76. The second kappa shape index (κ2) is 6.82. The molecule has 2 aliphatic rings. The number of carbonyl (C=O) groups excluding carboxylic acids is 1. The molecule has 0 saturated carbocycles. The van der Waals surface area contributed by atoms with Crippen LogP contribution >= 0.6 is 0 Å². The third kappa shape index (κ3) is 3.35. The van der Waals surface area contributed by atoms with Crippen LogP contribution in [0.4, 0.5) is 0 Å². The van der Waals surface area contributed by atoms with Crippen LogP contribution in [0.2, 0.25) is 0 Å². The lowest BCUT2D eigenvalue weighted by Crippen LogP contribution is -2.42. The van der Waals surface area contributed by atoms with Crippen LogP contribution in [0, 0.1) is 0 Å². The van der Waals surface area contributed by atoms with Gasteiger partial charge in [-0.25, -0.2) is 0 Å². The number of rotatable bonds is 4. The van der Waals surface area contributed by atoms with E-state index in [0.717, 1.165) is 25.9 Å². The van der Waals surface area contributed by atoms with Crippen molar-refractivity contribution >= 4 is 5.91 Å². The summed E-state index contributed by atoms with van der Waals surface area (Å²) < 4.78 is 0. The van der Waals surface area contributed by atoms with E-state index in [4.69, 9.17) is 0 Å². The van der Waals surface area contributed by atoms with E-state index < -0.39 is 0 Å². The Morgan fingerprint density at radius 3 is 2.64 bits per heavy atom. The van der Waals surface area contributed by atoms with E-state index in [0.29, 0.717) is 30.3 Å². The molecule has 0 aromatic heterocycles. The Bertz CT molecular complexity index is 495. The quantitative estimate of drug-likeness (QED) is 0.926. The summed E-state index contributed by atoms with van der Waals surface area (Å²) in [5.74, 6) is 0.917. The zero-order chi connectivity index (χ0) is 15.5. The molecule has 1 aromatic rings. The number of amides is 1. The maximum atomic E-state index is 12.7. The monoisotopic (exact) mass is 300 g/mol. The van der Waals surface area contributed by atoms with Crippen molar-refractivity contribution in [1.29, 1.82) is 0 Å². The van der Waals surface area contributed by atoms with Crippen LogP contribution in [0.15, 0.2) is 24.3 Å². The zero-order valence-electron chi connectivity index (χ0n) is 13.8. The van der Waals surface area contributed by atoms with Crippen molar-refractivity contribution < 1.29 is 4.79 Å². The first kappa shape index (κ1) is 15.5. The van der Waals surface area contributed by atoms with Gasteiger partial charge in [-0.1, -0.05) is 38.1 Å². The van der Waals surface area contributed by atoms with Crippen molar-refractivity contribution in [2.24, 2.45) is 0 Å². The lowest BCUT2D eigenvalue weighted by Gasteiger charge is -2.28. The van der Waals surface area contributed by atoms with E-state index in [1.807, 2.05) is 0 Å². The number of nitrogens with zero attached hydrogens (tertiary/aromatic N) is 1. The highest BCUT2D eigenvalue weighted by molar-refractivity contribution is 5.77. The van der Waals surface area contributed by atoms with E-state index in [2.05, 4.69) is 48.3 Å². The maximum absolute atomic E-state index is 12.7. The normalized spacial score (nSPS) is 24.6. The molecular formula is C19H28N2O. The van der Waals surface area contributed by atoms with E-state index in [1.54, 1.807) is 0 Å². The molecular weight excluding hydrogens is 272 g/mol. The predicted octanol–water partition coefficient (Wildman–Crippen LogP) is 3.10. The number of hydrogen-bond acceptors (Lipinski definition) is 2. The molecule has 0 spiro atoms. The number of hydrogen-bond donors (Lipinski definition) is 1. The van der Waals surface area contributed by atoms with E-state index >= 15 is 0 Å². The summed E-state index contributed by atoms with van der Waals surface area (Å²) in [6.45, 7) is 6.45. The Morgan fingerprint density at radius 2 is 1.91 bits per heavy atom. The predicted molar refractivity (Wildman–Crippen MR) is 90.0 cm³/mol. The molecule has 3 rings (SSSR count). The van der Waals surface area contributed by atoms with Crippen LogP contribution in [0.3, 0.4) is 0 Å². The molecule has 2 fully saturated rings. The fraction of sp³-hybridized carbons (Fsp3) is 0.632. The molecule has 3 nitrogen and oxygen atoms in total. The Balaban J connectivity index is 1.58. The topological polar surface area (TPSA) is 32.3 Å². The van der Waals surface area contributed by atoms with Gasteiger partial charge in [-0.3, -0.25) is 4.79 Å². The highest BCUT2D eigenvalue weighted by atomic mass is 16.2. The minimum absolute atomic E-state index is 0.351. The van der Waals surface area contributed by atoms with Crippen LogP contribution in [0.1, 0.15) is 56.6 Å². The van der Waals surface area contributed by atoms with Crippen LogP contribution in [0.25, 0.3) is 0 Å². The summed E-state index contributed by atoms with van der Waals surface area (Å²) in [6.07, 6.45) is 4.99. The largest absolute Gasteiger partial charge is 0.335 e.